The van der Waals surface area contributed by atoms with Crippen LogP contribution >= 0.6 is 8.53 Å². The first-order chi connectivity index (χ1) is 31.1. The molecule has 1 aliphatic rings. The van der Waals surface area contributed by atoms with Gasteiger partial charge in [-0.05, 0) is 81.5 Å². The maximum Gasteiger partial charge on any atom is 0.471 e. The molecule has 0 aliphatic carbocycles. The number of benzene rings is 3. The summed E-state index contributed by atoms with van der Waals surface area (Å²) in [5.74, 6) is -0.672. The fraction of sp³-hybridized carbons (Fsp3) is 0.489. The average molecular weight is 926 g/mol. The molecule has 0 saturated carbocycles. The van der Waals surface area contributed by atoms with Crippen molar-refractivity contribution in [2.45, 2.75) is 115 Å². The molecule has 0 bridgehead atoms. The van der Waals surface area contributed by atoms with Gasteiger partial charge >= 0.3 is 17.8 Å². The van der Waals surface area contributed by atoms with Crippen molar-refractivity contribution in [3.05, 3.63) is 129 Å². The summed E-state index contributed by atoms with van der Waals surface area (Å²) in [7, 11) is 1.43. The Labute approximate surface area is 379 Å². The third-order valence-electron chi connectivity index (χ3n) is 11.0. The van der Waals surface area contributed by atoms with Gasteiger partial charge in [-0.15, -0.1) is 0 Å². The van der Waals surface area contributed by atoms with E-state index in [2.05, 4.69) is 10.7 Å². The van der Waals surface area contributed by atoms with Crippen molar-refractivity contribution >= 4 is 14.4 Å². The second-order valence-electron chi connectivity index (χ2n) is 16.0. The minimum absolute atomic E-state index is 0.00305. The van der Waals surface area contributed by atoms with Crippen LogP contribution in [0.2, 0.25) is 0 Å². The summed E-state index contributed by atoms with van der Waals surface area (Å²) in [6.45, 7) is 8.15. The second-order valence-corrected chi connectivity index (χ2v) is 17.4. The molecule has 1 fully saturated rings. The largest absolute Gasteiger partial charge is 0.497 e. The fourth-order valence-electron chi connectivity index (χ4n) is 7.83. The van der Waals surface area contributed by atoms with Gasteiger partial charge in [0.25, 0.3) is 14.1 Å². The van der Waals surface area contributed by atoms with E-state index in [0.717, 1.165) is 21.3 Å². The summed E-state index contributed by atoms with van der Waals surface area (Å²) in [6.07, 6.45) is -3.97. The molecule has 1 saturated heterocycles. The number of aromatic nitrogens is 2. The molecule has 4 atom stereocenters. The molecule has 5 rings (SSSR count). The zero-order chi connectivity index (χ0) is 47.1. The Kier molecular flexibility index (Phi) is 18.7. The SMILES string of the molecule is COc1ccc(C(OC[C@H]2O[C@@H](n3ccc(=O)n(CCCCCCNC(=O)C(F)(F)F)c3=O)C[C@@H]2OP(OCCC#N)N(C(C)C)C(C)C)(c2ccccc2)c2ccc(OC)cc2)cc1. The zero-order valence-corrected chi connectivity index (χ0v) is 38.6. The van der Waals surface area contributed by atoms with Crippen LogP contribution in [0.1, 0.15) is 89.1 Å². The number of ether oxygens (including phenoxy) is 4. The maximum absolute atomic E-state index is 14.1. The smallest absolute Gasteiger partial charge is 0.471 e. The first kappa shape index (κ1) is 50.9. The van der Waals surface area contributed by atoms with E-state index in [1.54, 1.807) is 14.2 Å². The molecule has 14 nitrogen and oxygen atoms in total. The normalized spacial score (nSPS) is 17.1. The first-order valence-corrected chi connectivity index (χ1v) is 22.8. The highest BCUT2D eigenvalue weighted by atomic mass is 31.2. The minimum Gasteiger partial charge on any atom is -0.497 e. The van der Waals surface area contributed by atoms with Crippen LogP contribution in [0.4, 0.5) is 13.2 Å². The highest BCUT2D eigenvalue weighted by Crippen LogP contribution is 2.50. The number of carbonyl (C=O) groups is 1. The number of hydrogen-bond donors (Lipinski definition) is 1. The lowest BCUT2D eigenvalue weighted by atomic mass is 9.80. The summed E-state index contributed by atoms with van der Waals surface area (Å²) in [5, 5.41) is 11.2. The van der Waals surface area contributed by atoms with Crippen LogP contribution in [0, 0.1) is 11.3 Å². The fourth-order valence-corrected chi connectivity index (χ4v) is 9.59. The third-order valence-corrected chi connectivity index (χ3v) is 13.1. The molecule has 0 radical (unpaired) electrons. The number of nitriles is 1. The lowest BCUT2D eigenvalue weighted by molar-refractivity contribution is -0.173. The molecular formula is C47H59F3N5O9P. The Morgan fingerprint density at radius 3 is 2.02 bits per heavy atom. The predicted molar refractivity (Wildman–Crippen MR) is 239 cm³/mol. The van der Waals surface area contributed by atoms with Gasteiger partial charge in [-0.1, -0.05) is 67.4 Å². The van der Waals surface area contributed by atoms with E-state index in [1.165, 1.54) is 16.8 Å². The van der Waals surface area contributed by atoms with Crippen molar-refractivity contribution < 1.29 is 46.0 Å². The highest BCUT2D eigenvalue weighted by Gasteiger charge is 2.45. The van der Waals surface area contributed by atoms with Crippen molar-refractivity contribution in [1.82, 2.24) is 19.1 Å². The van der Waals surface area contributed by atoms with Crippen molar-refractivity contribution in [3.8, 4) is 17.6 Å². The molecular weight excluding hydrogens is 867 g/mol. The van der Waals surface area contributed by atoms with Crippen molar-refractivity contribution in [2.24, 2.45) is 0 Å². The highest BCUT2D eigenvalue weighted by molar-refractivity contribution is 7.44. The number of rotatable bonds is 24. The van der Waals surface area contributed by atoms with E-state index in [9.17, 15) is 32.8 Å². The van der Waals surface area contributed by atoms with E-state index in [4.69, 9.17) is 28.0 Å². The second kappa shape index (κ2) is 23.9. The molecule has 18 heteroatoms. The van der Waals surface area contributed by atoms with E-state index < -0.39 is 55.9 Å². The molecule has 352 valence electrons. The van der Waals surface area contributed by atoms with Gasteiger partial charge in [-0.3, -0.25) is 18.7 Å². The Hall–Kier alpha value is -5.08. The van der Waals surface area contributed by atoms with Gasteiger partial charge in [0.05, 0.1) is 46.0 Å². The number of methoxy groups -OCH3 is 2. The molecule has 3 aromatic carbocycles. The minimum atomic E-state index is -4.95. The van der Waals surface area contributed by atoms with E-state index in [0.29, 0.717) is 37.2 Å². The molecule has 65 heavy (non-hydrogen) atoms. The molecule has 1 N–H and O–H groups in total. The number of nitrogens with one attached hydrogen (secondary N) is 1. The molecule has 1 aromatic heterocycles. The van der Waals surface area contributed by atoms with Crippen LogP contribution in [0.15, 0.2) is 101 Å². The van der Waals surface area contributed by atoms with Crippen molar-refractivity contribution in [3.63, 3.8) is 0 Å². The number of alkyl halides is 3. The van der Waals surface area contributed by atoms with Crippen LogP contribution in [0.5, 0.6) is 11.5 Å². The van der Waals surface area contributed by atoms with Gasteiger partial charge in [0.1, 0.15) is 29.4 Å². The number of halogens is 3. The number of nitrogens with zero attached hydrogens (tertiary/aromatic N) is 4. The summed E-state index contributed by atoms with van der Waals surface area (Å²) in [4.78, 5) is 38.3. The van der Waals surface area contributed by atoms with E-state index >= 15 is 0 Å². The summed E-state index contributed by atoms with van der Waals surface area (Å²) >= 11 is 0. The Morgan fingerprint density at radius 2 is 1.46 bits per heavy atom. The molecule has 1 unspecified atom stereocenters. The molecule has 4 aromatic rings. The summed E-state index contributed by atoms with van der Waals surface area (Å²) < 4.78 is 80.5. The van der Waals surface area contributed by atoms with Crippen molar-refractivity contribution in [2.75, 3.05) is 34.0 Å². The van der Waals surface area contributed by atoms with Gasteiger partial charge < -0.3 is 33.3 Å². The van der Waals surface area contributed by atoms with E-state index in [-0.39, 0.29) is 51.2 Å². The van der Waals surface area contributed by atoms with Crippen LogP contribution in [-0.2, 0) is 35.5 Å². The molecule has 0 spiro atoms. The van der Waals surface area contributed by atoms with Crippen LogP contribution in [0.3, 0.4) is 0 Å². The average Bonchev–Trinajstić information content (AvgIpc) is 3.69. The first-order valence-electron chi connectivity index (χ1n) is 21.7. The monoisotopic (exact) mass is 925 g/mol. The van der Waals surface area contributed by atoms with E-state index in [1.807, 2.05) is 112 Å². The van der Waals surface area contributed by atoms with Gasteiger partial charge in [0.2, 0.25) is 0 Å². The number of unbranched alkanes of at least 4 members (excludes halogenated alkanes) is 3. The maximum atomic E-state index is 14.1. The number of carbonyl (C=O) groups excluding carboxylic acids is 1. The standard InChI is InChI=1S/C47H59F3N5O9P/c1-33(2)55(34(3)4)65(62-30-14-26-51)64-40-31-43(54-29-25-42(56)53(45(54)58)28-13-8-7-12-27-52-44(57)47(48,49)50)63-41(40)32-61-46(35-15-10-9-11-16-35,36-17-21-38(59-5)22-18-36)37-19-23-39(60-6)24-20-37/h9-11,15-25,29,33-34,40-41,43H,7-8,12-14,27-28,30-32H2,1-6H3,(H,52,57)/t40-,41+,43+,65?/m0/s1. The quantitative estimate of drug-likeness (QED) is 0.0411. The van der Waals surface area contributed by atoms with Crippen LogP contribution in [-0.4, -0.2) is 84.2 Å². The van der Waals surface area contributed by atoms with Crippen LogP contribution in [0.25, 0.3) is 0 Å². The Morgan fingerprint density at radius 1 is 0.877 bits per heavy atom. The third kappa shape index (κ3) is 13.1. The van der Waals surface area contributed by atoms with Gasteiger partial charge in [0.15, 0.2) is 0 Å². The molecule has 2 heterocycles. The zero-order valence-electron chi connectivity index (χ0n) is 37.7. The van der Waals surface area contributed by atoms with Gasteiger partial charge in [0, 0.05) is 43.9 Å². The molecule has 1 amide bonds. The lowest BCUT2D eigenvalue weighted by Crippen LogP contribution is -2.41. The van der Waals surface area contributed by atoms with Crippen molar-refractivity contribution in [1.29, 1.82) is 5.26 Å². The summed E-state index contributed by atoms with van der Waals surface area (Å²) in [6, 6.07) is 28.4. The van der Waals surface area contributed by atoms with Gasteiger partial charge in [-0.2, -0.15) is 18.4 Å². The predicted octanol–water partition coefficient (Wildman–Crippen LogP) is 8.22. The van der Waals surface area contributed by atoms with Crippen LogP contribution < -0.4 is 26.0 Å². The number of amides is 1. The molecule has 1 aliphatic heterocycles. The Bertz CT molecular complexity index is 2210. The lowest BCUT2D eigenvalue weighted by Gasteiger charge is -2.39. The number of hydrogen-bond acceptors (Lipinski definition) is 11. The summed E-state index contributed by atoms with van der Waals surface area (Å²) in [5.41, 5.74) is 0.0848. The topological polar surface area (TPSA) is 156 Å². The Balaban J connectivity index is 1.50. The van der Waals surface area contributed by atoms with Gasteiger partial charge in [-0.25, -0.2) is 9.46 Å².